The summed E-state index contributed by atoms with van der Waals surface area (Å²) in [6, 6.07) is 30.8. The average molecular weight is 312 g/mol. The van der Waals surface area contributed by atoms with Crippen LogP contribution in [0.5, 0.6) is 0 Å². The Morgan fingerprint density at radius 3 is 1.96 bits per heavy atom. The molecule has 0 saturated carbocycles. The van der Waals surface area contributed by atoms with Crippen molar-refractivity contribution in [3.63, 3.8) is 0 Å². The van der Waals surface area contributed by atoms with Crippen molar-refractivity contribution in [2.75, 3.05) is 5.01 Å². The van der Waals surface area contributed by atoms with Crippen LogP contribution >= 0.6 is 0 Å². The molecule has 0 aliphatic heterocycles. The lowest BCUT2D eigenvalue weighted by atomic mass is 10.2. The summed E-state index contributed by atoms with van der Waals surface area (Å²) in [5.41, 5.74) is 3.47. The molecular formula is C22H20N2. The molecule has 0 atom stereocenters. The van der Waals surface area contributed by atoms with Crippen LogP contribution in [0.4, 0.5) is 5.69 Å². The van der Waals surface area contributed by atoms with E-state index < -0.39 is 0 Å². The van der Waals surface area contributed by atoms with Crippen LogP contribution in [0.1, 0.15) is 11.1 Å². The van der Waals surface area contributed by atoms with Gasteiger partial charge in [-0.15, -0.1) is 0 Å². The quantitative estimate of drug-likeness (QED) is 0.440. The minimum absolute atomic E-state index is 0.737. The van der Waals surface area contributed by atoms with E-state index in [1.807, 2.05) is 59.8 Å². The van der Waals surface area contributed by atoms with Crippen LogP contribution in [0, 0.1) is 0 Å². The Labute approximate surface area is 143 Å². The molecule has 0 aliphatic carbocycles. The second-order valence-electron chi connectivity index (χ2n) is 5.41. The minimum atomic E-state index is 0.737. The fraction of sp³-hybridized carbons (Fsp3) is 0.0455. The number of para-hydroxylation sites is 1. The molecule has 3 aromatic rings. The molecule has 3 rings (SSSR count). The molecular weight excluding hydrogens is 292 g/mol. The van der Waals surface area contributed by atoms with Gasteiger partial charge in [-0.25, -0.2) is 0 Å². The summed E-state index contributed by atoms with van der Waals surface area (Å²) in [6.45, 7) is 0.737. The molecule has 2 heteroatoms. The first-order chi connectivity index (χ1) is 11.9. The SMILES string of the molecule is C(/C=C/c1ccccc1)=N/N(Cc1ccccc1)c1ccccc1. The van der Waals surface area contributed by atoms with E-state index in [1.165, 1.54) is 11.1 Å². The summed E-state index contributed by atoms with van der Waals surface area (Å²) in [5, 5.41) is 6.63. The van der Waals surface area contributed by atoms with Gasteiger partial charge in [0.1, 0.15) is 0 Å². The number of hydrogen-bond donors (Lipinski definition) is 0. The number of allylic oxidation sites excluding steroid dienone is 1. The number of hydrazone groups is 1. The van der Waals surface area contributed by atoms with Crippen LogP contribution in [-0.4, -0.2) is 6.21 Å². The number of nitrogens with zero attached hydrogens (tertiary/aromatic N) is 2. The fourth-order valence-corrected chi connectivity index (χ4v) is 2.39. The first kappa shape index (κ1) is 15.8. The molecule has 0 spiro atoms. The summed E-state index contributed by atoms with van der Waals surface area (Å²) in [6.07, 6.45) is 5.86. The van der Waals surface area contributed by atoms with Crippen molar-refractivity contribution < 1.29 is 0 Å². The highest BCUT2D eigenvalue weighted by molar-refractivity contribution is 5.79. The van der Waals surface area contributed by atoms with Gasteiger partial charge in [-0.3, -0.25) is 5.01 Å². The Kier molecular flexibility index (Phi) is 5.57. The molecule has 0 bridgehead atoms. The Hall–Kier alpha value is -3.13. The molecule has 118 valence electrons. The standard InChI is InChI=1S/C22H20N2/c1-4-11-20(12-5-1)15-10-18-23-24(22-16-8-3-9-17-22)19-21-13-6-2-7-14-21/h1-18H,19H2/b15-10+,23-18-. The van der Waals surface area contributed by atoms with Crippen LogP contribution in [0.2, 0.25) is 0 Å². The Morgan fingerprint density at radius 1 is 0.708 bits per heavy atom. The van der Waals surface area contributed by atoms with Crippen molar-refractivity contribution in [2.45, 2.75) is 6.54 Å². The molecule has 2 nitrogen and oxygen atoms in total. The van der Waals surface area contributed by atoms with Crippen LogP contribution in [-0.2, 0) is 6.54 Å². The first-order valence-electron chi connectivity index (χ1n) is 8.04. The second-order valence-corrected chi connectivity index (χ2v) is 5.41. The van der Waals surface area contributed by atoms with Gasteiger partial charge < -0.3 is 0 Å². The smallest absolute Gasteiger partial charge is 0.0666 e. The van der Waals surface area contributed by atoms with Crippen LogP contribution in [0.25, 0.3) is 6.08 Å². The predicted molar refractivity (Wildman–Crippen MR) is 103 cm³/mol. The van der Waals surface area contributed by atoms with Gasteiger partial charge in [0.05, 0.1) is 12.2 Å². The summed E-state index contributed by atoms with van der Waals surface area (Å²) >= 11 is 0. The fourth-order valence-electron chi connectivity index (χ4n) is 2.39. The van der Waals surface area contributed by atoms with Gasteiger partial charge in [0, 0.05) is 6.21 Å². The highest BCUT2D eigenvalue weighted by Gasteiger charge is 2.04. The first-order valence-corrected chi connectivity index (χ1v) is 8.04. The predicted octanol–water partition coefficient (Wildman–Crippen LogP) is 5.39. The summed E-state index contributed by atoms with van der Waals surface area (Å²) in [4.78, 5) is 0. The monoisotopic (exact) mass is 312 g/mol. The van der Waals surface area contributed by atoms with E-state index in [9.17, 15) is 0 Å². The molecule has 0 unspecified atom stereocenters. The molecule has 24 heavy (non-hydrogen) atoms. The zero-order chi connectivity index (χ0) is 16.5. The number of rotatable bonds is 6. The van der Waals surface area contributed by atoms with Gasteiger partial charge >= 0.3 is 0 Å². The maximum Gasteiger partial charge on any atom is 0.0666 e. The molecule has 0 fully saturated rings. The van der Waals surface area contributed by atoms with Crippen molar-refractivity contribution in [1.82, 2.24) is 0 Å². The highest BCUT2D eigenvalue weighted by Crippen LogP contribution is 2.17. The molecule has 0 aliphatic rings. The maximum absolute atomic E-state index is 4.63. The number of anilines is 1. The topological polar surface area (TPSA) is 15.6 Å². The Balaban J connectivity index is 1.75. The molecule has 0 saturated heterocycles. The third-order valence-electron chi connectivity index (χ3n) is 3.61. The zero-order valence-corrected chi connectivity index (χ0v) is 13.5. The van der Waals surface area contributed by atoms with Crippen molar-refractivity contribution in [2.24, 2.45) is 5.10 Å². The summed E-state index contributed by atoms with van der Waals surface area (Å²) < 4.78 is 0. The lowest BCUT2D eigenvalue weighted by Gasteiger charge is -2.19. The number of hydrogen-bond acceptors (Lipinski definition) is 2. The lowest BCUT2D eigenvalue weighted by molar-refractivity contribution is 0.859. The van der Waals surface area contributed by atoms with Gasteiger partial charge in [0.2, 0.25) is 0 Å². The van der Waals surface area contributed by atoms with Gasteiger partial charge in [0.25, 0.3) is 0 Å². The van der Waals surface area contributed by atoms with Gasteiger partial charge in [0.15, 0.2) is 0 Å². The summed E-state index contributed by atoms with van der Waals surface area (Å²) in [7, 11) is 0. The lowest BCUT2D eigenvalue weighted by Crippen LogP contribution is -2.15. The third kappa shape index (κ3) is 4.68. The van der Waals surface area contributed by atoms with E-state index in [4.69, 9.17) is 0 Å². The second kappa shape index (κ2) is 8.49. The molecule has 3 aromatic carbocycles. The van der Waals surface area contributed by atoms with E-state index >= 15 is 0 Å². The summed E-state index contributed by atoms with van der Waals surface area (Å²) in [5.74, 6) is 0. The molecule has 0 heterocycles. The Bertz CT molecular complexity index is 778. The molecule has 0 radical (unpaired) electrons. The van der Waals surface area contributed by atoms with Crippen molar-refractivity contribution in [1.29, 1.82) is 0 Å². The Morgan fingerprint density at radius 2 is 1.29 bits per heavy atom. The maximum atomic E-state index is 4.63. The van der Waals surface area contributed by atoms with Gasteiger partial charge in [-0.05, 0) is 29.3 Å². The van der Waals surface area contributed by atoms with Crippen LogP contribution in [0.15, 0.2) is 102 Å². The average Bonchev–Trinajstić information content (AvgIpc) is 2.66. The zero-order valence-electron chi connectivity index (χ0n) is 13.5. The minimum Gasteiger partial charge on any atom is -0.261 e. The van der Waals surface area contributed by atoms with Gasteiger partial charge in [-0.2, -0.15) is 5.10 Å². The van der Waals surface area contributed by atoms with Crippen molar-refractivity contribution in [3.8, 4) is 0 Å². The largest absolute Gasteiger partial charge is 0.261 e. The molecule has 0 amide bonds. The van der Waals surface area contributed by atoms with Crippen LogP contribution in [0.3, 0.4) is 0 Å². The van der Waals surface area contributed by atoms with E-state index in [0.29, 0.717) is 0 Å². The third-order valence-corrected chi connectivity index (χ3v) is 3.61. The highest BCUT2D eigenvalue weighted by atomic mass is 15.4. The number of benzene rings is 3. The van der Waals surface area contributed by atoms with Crippen molar-refractivity contribution >= 4 is 18.0 Å². The normalized spacial score (nSPS) is 11.2. The van der Waals surface area contributed by atoms with Crippen LogP contribution < -0.4 is 5.01 Å². The van der Waals surface area contributed by atoms with E-state index in [0.717, 1.165) is 12.2 Å². The van der Waals surface area contributed by atoms with E-state index in [-0.39, 0.29) is 0 Å². The molecule has 0 aromatic heterocycles. The van der Waals surface area contributed by atoms with Gasteiger partial charge in [-0.1, -0.05) is 84.9 Å². The molecule has 0 N–H and O–H groups in total. The van der Waals surface area contributed by atoms with E-state index in [1.54, 1.807) is 0 Å². The van der Waals surface area contributed by atoms with Crippen molar-refractivity contribution in [3.05, 3.63) is 108 Å². The van der Waals surface area contributed by atoms with E-state index in [2.05, 4.69) is 59.7 Å².